The van der Waals surface area contributed by atoms with E-state index in [0.29, 0.717) is 5.56 Å². The Hall–Kier alpha value is -2.71. The second kappa shape index (κ2) is 7.71. The Kier molecular flexibility index (Phi) is 5.67. The first kappa shape index (κ1) is 17.6. The number of carbonyl (C=O) groups excluding carboxylic acids is 1. The maximum Gasteiger partial charge on any atom is 0.335 e. The third-order valence-electron chi connectivity index (χ3n) is 3.13. The summed E-state index contributed by atoms with van der Waals surface area (Å²) in [7, 11) is -3.84. The molecule has 0 bridgehead atoms. The lowest BCUT2D eigenvalue weighted by atomic mass is 10.2. The molecule has 0 aromatic heterocycles. The van der Waals surface area contributed by atoms with Crippen LogP contribution < -0.4 is 10.0 Å². The summed E-state index contributed by atoms with van der Waals surface area (Å²) in [4.78, 5) is 22.6. The van der Waals surface area contributed by atoms with E-state index >= 15 is 0 Å². The van der Waals surface area contributed by atoms with E-state index in [4.69, 9.17) is 5.11 Å². The second-order valence-electron chi connectivity index (χ2n) is 4.85. The van der Waals surface area contributed by atoms with Gasteiger partial charge in [0.25, 0.3) is 5.91 Å². The minimum Gasteiger partial charge on any atom is -0.478 e. The van der Waals surface area contributed by atoms with Crippen LogP contribution in [0.1, 0.15) is 20.7 Å². The zero-order valence-electron chi connectivity index (χ0n) is 12.6. The molecule has 0 saturated carbocycles. The summed E-state index contributed by atoms with van der Waals surface area (Å²) in [5, 5.41) is 11.5. The van der Waals surface area contributed by atoms with Crippen LogP contribution in [0.15, 0.2) is 59.5 Å². The number of nitrogens with one attached hydrogen (secondary N) is 2. The highest BCUT2D eigenvalue weighted by atomic mass is 32.2. The molecule has 0 saturated heterocycles. The van der Waals surface area contributed by atoms with Gasteiger partial charge in [-0.15, -0.1) is 0 Å². The summed E-state index contributed by atoms with van der Waals surface area (Å²) >= 11 is 0. The number of sulfonamides is 1. The van der Waals surface area contributed by atoms with Crippen LogP contribution in [0.4, 0.5) is 0 Å². The summed E-state index contributed by atoms with van der Waals surface area (Å²) in [5.41, 5.74) is 0.366. The topological polar surface area (TPSA) is 113 Å². The number of aromatic carboxylic acids is 1. The molecule has 1 amide bonds. The molecule has 3 N–H and O–H groups in total. The smallest absolute Gasteiger partial charge is 0.335 e. The number of carboxylic acid groups (broad SMARTS) is 1. The average molecular weight is 348 g/mol. The molecule has 0 spiro atoms. The van der Waals surface area contributed by atoms with E-state index in [1.54, 1.807) is 30.3 Å². The van der Waals surface area contributed by atoms with Gasteiger partial charge in [0, 0.05) is 18.7 Å². The lowest BCUT2D eigenvalue weighted by Crippen LogP contribution is -2.34. The quantitative estimate of drug-likeness (QED) is 0.649. The van der Waals surface area contributed by atoms with Gasteiger partial charge in [-0.2, -0.15) is 0 Å². The Labute approximate surface area is 139 Å². The second-order valence-corrected chi connectivity index (χ2v) is 6.62. The Bertz CT molecular complexity index is 835. The Morgan fingerprint density at radius 1 is 0.917 bits per heavy atom. The molecular formula is C16H16N2O5S. The average Bonchev–Trinajstić information content (AvgIpc) is 2.59. The molecule has 0 aliphatic rings. The van der Waals surface area contributed by atoms with Crippen molar-refractivity contribution in [3.63, 3.8) is 0 Å². The van der Waals surface area contributed by atoms with Crippen LogP contribution >= 0.6 is 0 Å². The van der Waals surface area contributed by atoms with Crippen molar-refractivity contribution in [3.8, 4) is 0 Å². The van der Waals surface area contributed by atoms with Crippen molar-refractivity contribution in [2.45, 2.75) is 4.90 Å². The Balaban J connectivity index is 1.90. The van der Waals surface area contributed by atoms with Crippen molar-refractivity contribution >= 4 is 21.9 Å². The van der Waals surface area contributed by atoms with E-state index in [9.17, 15) is 18.0 Å². The SMILES string of the molecule is O=C(O)c1cccc(S(=O)(=O)NCCNC(=O)c2ccccc2)c1. The van der Waals surface area contributed by atoms with Gasteiger partial charge in [0.2, 0.25) is 10.0 Å². The lowest BCUT2D eigenvalue weighted by molar-refractivity contribution is 0.0696. The summed E-state index contributed by atoms with van der Waals surface area (Å²) in [5.74, 6) is -1.51. The van der Waals surface area contributed by atoms with Crippen molar-refractivity contribution in [2.75, 3.05) is 13.1 Å². The molecule has 8 heteroatoms. The molecule has 2 aromatic rings. The molecule has 0 unspecified atom stereocenters. The fourth-order valence-electron chi connectivity index (χ4n) is 1.93. The van der Waals surface area contributed by atoms with Crippen LogP contribution in [-0.2, 0) is 10.0 Å². The van der Waals surface area contributed by atoms with Gasteiger partial charge in [-0.25, -0.2) is 17.9 Å². The minimum atomic E-state index is -3.84. The van der Waals surface area contributed by atoms with Crippen LogP contribution in [0.25, 0.3) is 0 Å². The van der Waals surface area contributed by atoms with Gasteiger partial charge in [0.1, 0.15) is 0 Å². The third-order valence-corrected chi connectivity index (χ3v) is 4.59. The monoisotopic (exact) mass is 348 g/mol. The number of benzene rings is 2. The Morgan fingerprint density at radius 3 is 2.25 bits per heavy atom. The predicted octanol–water partition coefficient (Wildman–Crippen LogP) is 1.09. The van der Waals surface area contributed by atoms with E-state index < -0.39 is 16.0 Å². The van der Waals surface area contributed by atoms with Gasteiger partial charge in [-0.05, 0) is 30.3 Å². The molecule has 24 heavy (non-hydrogen) atoms. The first-order valence-electron chi connectivity index (χ1n) is 7.06. The van der Waals surface area contributed by atoms with Gasteiger partial charge in [0.15, 0.2) is 0 Å². The van der Waals surface area contributed by atoms with Crippen LogP contribution in [0, 0.1) is 0 Å². The van der Waals surface area contributed by atoms with Crippen molar-refractivity contribution in [2.24, 2.45) is 0 Å². The number of carbonyl (C=O) groups is 2. The zero-order chi connectivity index (χ0) is 17.6. The molecule has 0 aliphatic carbocycles. The summed E-state index contributed by atoms with van der Waals surface area (Å²) in [6, 6.07) is 13.6. The van der Waals surface area contributed by atoms with Crippen molar-refractivity contribution in [1.82, 2.24) is 10.0 Å². The maximum absolute atomic E-state index is 12.1. The minimum absolute atomic E-state index is 0.0157. The molecule has 0 fully saturated rings. The van der Waals surface area contributed by atoms with E-state index in [2.05, 4.69) is 10.0 Å². The lowest BCUT2D eigenvalue weighted by Gasteiger charge is -2.08. The number of hydrogen-bond acceptors (Lipinski definition) is 4. The molecule has 0 aliphatic heterocycles. The third kappa shape index (κ3) is 4.64. The van der Waals surface area contributed by atoms with Crippen LogP contribution in [0.5, 0.6) is 0 Å². The highest BCUT2D eigenvalue weighted by Crippen LogP contribution is 2.11. The fourth-order valence-corrected chi connectivity index (χ4v) is 3.01. The van der Waals surface area contributed by atoms with Gasteiger partial charge in [-0.3, -0.25) is 4.79 Å². The molecule has 0 heterocycles. The molecular weight excluding hydrogens is 332 g/mol. The van der Waals surface area contributed by atoms with Crippen LogP contribution in [0.2, 0.25) is 0 Å². The summed E-state index contributed by atoms with van der Waals surface area (Å²) in [6.45, 7) is 0.0871. The number of carboxylic acids is 1. The highest BCUT2D eigenvalue weighted by molar-refractivity contribution is 7.89. The number of amides is 1. The normalized spacial score (nSPS) is 11.0. The van der Waals surface area contributed by atoms with Crippen molar-refractivity contribution < 1.29 is 23.1 Å². The first-order chi connectivity index (χ1) is 11.4. The molecule has 2 rings (SSSR count). The molecule has 2 aromatic carbocycles. The fraction of sp³-hybridized carbons (Fsp3) is 0.125. The molecule has 0 radical (unpaired) electrons. The standard InChI is InChI=1S/C16H16N2O5S/c19-15(12-5-2-1-3-6-12)17-9-10-18-24(22,23)14-8-4-7-13(11-14)16(20)21/h1-8,11,18H,9-10H2,(H,17,19)(H,20,21). The van der Waals surface area contributed by atoms with Gasteiger partial charge in [0.05, 0.1) is 10.5 Å². The zero-order valence-corrected chi connectivity index (χ0v) is 13.4. The van der Waals surface area contributed by atoms with Crippen LogP contribution in [0.3, 0.4) is 0 Å². The molecule has 126 valence electrons. The van der Waals surface area contributed by atoms with Crippen molar-refractivity contribution in [1.29, 1.82) is 0 Å². The van der Waals surface area contributed by atoms with Gasteiger partial charge < -0.3 is 10.4 Å². The molecule has 0 atom stereocenters. The Morgan fingerprint density at radius 2 is 1.58 bits per heavy atom. The first-order valence-corrected chi connectivity index (χ1v) is 8.55. The summed E-state index contributed by atoms with van der Waals surface area (Å²) < 4.78 is 26.5. The van der Waals surface area contributed by atoms with Crippen molar-refractivity contribution in [3.05, 3.63) is 65.7 Å². The van der Waals surface area contributed by atoms with E-state index in [-0.39, 0.29) is 29.5 Å². The number of rotatable bonds is 7. The van der Waals surface area contributed by atoms with E-state index in [1.807, 2.05) is 0 Å². The predicted molar refractivity (Wildman–Crippen MR) is 87.4 cm³/mol. The highest BCUT2D eigenvalue weighted by Gasteiger charge is 2.15. The van der Waals surface area contributed by atoms with Gasteiger partial charge in [-0.1, -0.05) is 24.3 Å². The largest absolute Gasteiger partial charge is 0.478 e. The van der Waals surface area contributed by atoms with Crippen LogP contribution in [-0.4, -0.2) is 38.5 Å². The maximum atomic E-state index is 12.1. The molecule has 7 nitrogen and oxygen atoms in total. The number of hydrogen-bond donors (Lipinski definition) is 3. The van der Waals surface area contributed by atoms with E-state index in [0.717, 1.165) is 6.07 Å². The van der Waals surface area contributed by atoms with E-state index in [1.165, 1.54) is 18.2 Å². The summed E-state index contributed by atoms with van der Waals surface area (Å²) in [6.07, 6.45) is 0. The van der Waals surface area contributed by atoms with Gasteiger partial charge >= 0.3 is 5.97 Å².